The Morgan fingerprint density at radius 3 is 2.81 bits per heavy atom. The van der Waals surface area contributed by atoms with Gasteiger partial charge in [-0.2, -0.15) is 0 Å². The van der Waals surface area contributed by atoms with Gasteiger partial charge in [0.05, 0.1) is 18.7 Å². The number of aromatic nitrogens is 1. The summed E-state index contributed by atoms with van der Waals surface area (Å²) in [5.74, 6) is -0.0509. The van der Waals surface area contributed by atoms with Crippen LogP contribution in [0.2, 0.25) is 0 Å². The Morgan fingerprint density at radius 2 is 2.05 bits per heavy atom. The maximum atomic E-state index is 11.8. The van der Waals surface area contributed by atoms with Crippen molar-refractivity contribution in [1.82, 2.24) is 10.3 Å². The normalized spacial score (nSPS) is 10.6. The lowest BCUT2D eigenvalue weighted by Gasteiger charge is -2.14. The first-order valence-electron chi connectivity index (χ1n) is 6.99. The van der Waals surface area contributed by atoms with Gasteiger partial charge in [-0.05, 0) is 25.5 Å². The van der Waals surface area contributed by atoms with E-state index in [9.17, 15) is 4.79 Å². The number of anilines is 1. The Hall–Kier alpha value is -2.14. The highest BCUT2D eigenvalue weighted by Crippen LogP contribution is 2.27. The number of nitrogens with zero attached hydrogens (tertiary/aromatic N) is 1. The number of aryl methyl sites for hydroxylation is 1. The van der Waals surface area contributed by atoms with Crippen LogP contribution in [-0.2, 0) is 9.53 Å². The number of rotatable bonds is 6. The molecule has 2 aromatic rings. The minimum atomic E-state index is -0.0509. The van der Waals surface area contributed by atoms with E-state index in [0.29, 0.717) is 13.2 Å². The van der Waals surface area contributed by atoms with Crippen molar-refractivity contribution in [2.45, 2.75) is 13.8 Å². The van der Waals surface area contributed by atoms with E-state index in [1.165, 1.54) is 0 Å². The van der Waals surface area contributed by atoms with Crippen molar-refractivity contribution in [2.75, 3.05) is 32.1 Å². The summed E-state index contributed by atoms with van der Waals surface area (Å²) >= 11 is 0. The first-order chi connectivity index (χ1) is 10.1. The highest BCUT2D eigenvalue weighted by molar-refractivity contribution is 5.94. The second-order valence-corrected chi connectivity index (χ2v) is 4.91. The van der Waals surface area contributed by atoms with Crippen LogP contribution in [0.5, 0.6) is 0 Å². The molecule has 0 saturated carbocycles. The van der Waals surface area contributed by atoms with Gasteiger partial charge in [-0.15, -0.1) is 0 Å². The highest BCUT2D eigenvalue weighted by Gasteiger charge is 2.10. The molecule has 0 aliphatic carbocycles. The molecule has 112 valence electrons. The Morgan fingerprint density at radius 1 is 1.29 bits per heavy atom. The first kappa shape index (κ1) is 15.3. The number of nitrogens with one attached hydrogen (secondary N) is 2. The predicted octanol–water partition coefficient (Wildman–Crippen LogP) is 2.03. The van der Waals surface area contributed by atoms with Gasteiger partial charge >= 0.3 is 0 Å². The molecule has 1 heterocycles. The summed E-state index contributed by atoms with van der Waals surface area (Å²) in [5.41, 5.74) is 3.94. The number of para-hydroxylation sites is 1. The van der Waals surface area contributed by atoms with E-state index in [0.717, 1.165) is 27.8 Å². The lowest BCUT2D eigenvalue weighted by Crippen LogP contribution is -2.32. The van der Waals surface area contributed by atoms with Crippen LogP contribution in [0.25, 0.3) is 10.9 Å². The molecule has 5 heteroatoms. The number of hydrogen-bond acceptors (Lipinski definition) is 4. The Labute approximate surface area is 124 Å². The lowest BCUT2D eigenvalue weighted by molar-refractivity contribution is -0.119. The quantitative estimate of drug-likeness (QED) is 0.798. The molecule has 0 spiro atoms. The Balaban J connectivity index is 2.14. The molecule has 1 aromatic carbocycles. The van der Waals surface area contributed by atoms with Crippen molar-refractivity contribution in [2.24, 2.45) is 0 Å². The second-order valence-electron chi connectivity index (χ2n) is 4.91. The summed E-state index contributed by atoms with van der Waals surface area (Å²) in [4.78, 5) is 16.3. The van der Waals surface area contributed by atoms with Gasteiger partial charge in [0.25, 0.3) is 0 Å². The first-order valence-corrected chi connectivity index (χ1v) is 6.99. The number of amides is 1. The van der Waals surface area contributed by atoms with Crippen molar-refractivity contribution >= 4 is 22.5 Å². The van der Waals surface area contributed by atoms with Crippen LogP contribution in [0.1, 0.15) is 11.3 Å². The fourth-order valence-electron chi connectivity index (χ4n) is 2.18. The van der Waals surface area contributed by atoms with Crippen molar-refractivity contribution in [3.63, 3.8) is 0 Å². The molecular weight excluding hydrogens is 266 g/mol. The van der Waals surface area contributed by atoms with Gasteiger partial charge in [0.1, 0.15) is 0 Å². The number of methoxy groups -OCH3 is 1. The summed E-state index contributed by atoms with van der Waals surface area (Å²) in [6.07, 6.45) is 0. The SMILES string of the molecule is COCCNC(=O)CNc1c(C)c(C)nc2ccccc12. The van der Waals surface area contributed by atoms with E-state index in [2.05, 4.69) is 15.6 Å². The van der Waals surface area contributed by atoms with Crippen LogP contribution in [0.3, 0.4) is 0 Å². The molecule has 0 fully saturated rings. The van der Waals surface area contributed by atoms with Crippen molar-refractivity contribution in [3.8, 4) is 0 Å². The predicted molar refractivity (Wildman–Crippen MR) is 84.6 cm³/mol. The number of carbonyl (C=O) groups is 1. The van der Waals surface area contributed by atoms with Crippen molar-refractivity contribution < 1.29 is 9.53 Å². The molecular formula is C16H21N3O2. The van der Waals surface area contributed by atoms with E-state index >= 15 is 0 Å². The average molecular weight is 287 g/mol. The summed E-state index contributed by atoms with van der Waals surface area (Å²) in [6.45, 7) is 5.26. The Kier molecular flexibility index (Phi) is 5.11. The number of carbonyl (C=O) groups excluding carboxylic acids is 1. The summed E-state index contributed by atoms with van der Waals surface area (Å²) < 4.78 is 4.90. The second kappa shape index (κ2) is 7.04. The molecule has 1 amide bonds. The molecule has 0 aliphatic heterocycles. The average Bonchev–Trinajstić information content (AvgIpc) is 2.48. The van der Waals surface area contributed by atoms with Crippen LogP contribution in [0, 0.1) is 13.8 Å². The van der Waals surface area contributed by atoms with Gasteiger partial charge < -0.3 is 15.4 Å². The van der Waals surface area contributed by atoms with Crippen LogP contribution >= 0.6 is 0 Å². The largest absolute Gasteiger partial charge is 0.383 e. The molecule has 0 aliphatic rings. The number of hydrogen-bond donors (Lipinski definition) is 2. The minimum absolute atomic E-state index is 0.0509. The number of fused-ring (bicyclic) bond motifs is 1. The Bertz CT molecular complexity index is 641. The van der Waals surface area contributed by atoms with E-state index in [4.69, 9.17) is 4.74 Å². The van der Waals surface area contributed by atoms with Crippen LogP contribution in [-0.4, -0.2) is 37.7 Å². The van der Waals surface area contributed by atoms with Gasteiger partial charge in [0.2, 0.25) is 5.91 Å². The third kappa shape index (κ3) is 3.70. The highest BCUT2D eigenvalue weighted by atomic mass is 16.5. The van der Waals surface area contributed by atoms with Gasteiger partial charge in [-0.25, -0.2) is 0 Å². The fourth-order valence-corrected chi connectivity index (χ4v) is 2.18. The zero-order chi connectivity index (χ0) is 15.2. The molecule has 0 saturated heterocycles. The number of benzene rings is 1. The summed E-state index contributed by atoms with van der Waals surface area (Å²) in [7, 11) is 1.61. The van der Waals surface area contributed by atoms with Crippen molar-refractivity contribution in [3.05, 3.63) is 35.5 Å². The smallest absolute Gasteiger partial charge is 0.239 e. The van der Waals surface area contributed by atoms with E-state index < -0.39 is 0 Å². The third-order valence-corrected chi connectivity index (χ3v) is 3.43. The standard InChI is InChI=1S/C16H21N3O2/c1-11-12(2)19-14-7-5-4-6-13(14)16(11)18-10-15(20)17-8-9-21-3/h4-7H,8-10H2,1-3H3,(H,17,20)(H,18,19). The van der Waals surface area contributed by atoms with E-state index in [1.54, 1.807) is 7.11 Å². The monoisotopic (exact) mass is 287 g/mol. The molecule has 5 nitrogen and oxygen atoms in total. The van der Waals surface area contributed by atoms with Crippen LogP contribution in [0.4, 0.5) is 5.69 Å². The maximum absolute atomic E-state index is 11.8. The summed E-state index contributed by atoms with van der Waals surface area (Å²) in [6, 6.07) is 7.93. The van der Waals surface area contributed by atoms with E-state index in [-0.39, 0.29) is 12.5 Å². The van der Waals surface area contributed by atoms with Gasteiger partial charge in [0, 0.05) is 30.4 Å². The van der Waals surface area contributed by atoms with Crippen LogP contribution < -0.4 is 10.6 Å². The van der Waals surface area contributed by atoms with Crippen LogP contribution in [0.15, 0.2) is 24.3 Å². The van der Waals surface area contributed by atoms with Gasteiger partial charge in [-0.3, -0.25) is 9.78 Å². The molecule has 0 bridgehead atoms. The molecule has 21 heavy (non-hydrogen) atoms. The maximum Gasteiger partial charge on any atom is 0.239 e. The zero-order valence-corrected chi connectivity index (χ0v) is 12.7. The molecule has 0 unspecified atom stereocenters. The minimum Gasteiger partial charge on any atom is -0.383 e. The molecule has 1 aromatic heterocycles. The number of ether oxygens (including phenoxy) is 1. The topological polar surface area (TPSA) is 63.2 Å². The fraction of sp³-hybridized carbons (Fsp3) is 0.375. The lowest BCUT2D eigenvalue weighted by atomic mass is 10.1. The van der Waals surface area contributed by atoms with E-state index in [1.807, 2.05) is 38.1 Å². The van der Waals surface area contributed by atoms with Gasteiger partial charge in [-0.1, -0.05) is 18.2 Å². The molecule has 0 radical (unpaired) electrons. The number of pyridine rings is 1. The molecule has 2 rings (SSSR count). The zero-order valence-electron chi connectivity index (χ0n) is 12.7. The van der Waals surface area contributed by atoms with Crippen molar-refractivity contribution in [1.29, 1.82) is 0 Å². The molecule has 0 atom stereocenters. The third-order valence-electron chi connectivity index (χ3n) is 3.43. The molecule has 2 N–H and O–H groups in total. The summed E-state index contributed by atoms with van der Waals surface area (Å²) in [5, 5.41) is 7.06. The van der Waals surface area contributed by atoms with Gasteiger partial charge in [0.15, 0.2) is 0 Å².